The van der Waals surface area contributed by atoms with Gasteiger partial charge in [0.25, 0.3) is 0 Å². The molecule has 0 N–H and O–H groups in total. The number of nitrogens with zero attached hydrogens (tertiary/aromatic N) is 6. The molecule has 0 unspecified atom stereocenters. The van der Waals surface area contributed by atoms with Gasteiger partial charge in [-0.15, -0.1) is 0 Å². The molecular weight excluding hydrogens is 568 g/mol. The summed E-state index contributed by atoms with van der Waals surface area (Å²) in [5.74, 6) is 2.02. The lowest BCUT2D eigenvalue weighted by Crippen LogP contribution is -2.25. The maximum absolute atomic E-state index is 9.75. The van der Waals surface area contributed by atoms with Crippen molar-refractivity contribution in [2.75, 3.05) is 16.5 Å². The van der Waals surface area contributed by atoms with E-state index in [0.29, 0.717) is 29.4 Å². The van der Waals surface area contributed by atoms with Crippen LogP contribution in [-0.2, 0) is 5.41 Å². The van der Waals surface area contributed by atoms with Crippen molar-refractivity contribution in [2.45, 2.75) is 33.1 Å². The normalized spacial score (nSPS) is 13.5. The second-order valence-electron chi connectivity index (χ2n) is 13.0. The molecule has 222 valence electrons. The van der Waals surface area contributed by atoms with Crippen molar-refractivity contribution in [1.29, 1.82) is 5.26 Å². The molecule has 0 radical (unpaired) electrons. The molecule has 8 rings (SSSR count). The van der Waals surface area contributed by atoms with E-state index in [4.69, 9.17) is 16.3 Å². The zero-order chi connectivity index (χ0) is 31.7. The van der Waals surface area contributed by atoms with E-state index in [1.807, 2.05) is 54.7 Å². The first-order valence-corrected chi connectivity index (χ1v) is 15.2. The summed E-state index contributed by atoms with van der Waals surface area (Å²) in [6.07, 6.45) is 4.13. The number of aryl methyl sites for hydroxylation is 1. The summed E-state index contributed by atoms with van der Waals surface area (Å²) in [6.45, 7) is 17.2. The molecule has 0 fully saturated rings. The molecule has 0 amide bonds. The number of anilines is 2. The minimum atomic E-state index is -0.147. The third-order valence-corrected chi connectivity index (χ3v) is 8.88. The Hall–Kier alpha value is -6.05. The van der Waals surface area contributed by atoms with Gasteiger partial charge in [-0.25, -0.2) is 9.83 Å². The first kappa shape index (κ1) is 27.5. The molecule has 2 aromatic heterocycles. The van der Waals surface area contributed by atoms with Crippen LogP contribution in [0.15, 0.2) is 97.3 Å². The van der Waals surface area contributed by atoms with E-state index in [0.717, 1.165) is 61.4 Å². The van der Waals surface area contributed by atoms with E-state index in [-0.39, 0.29) is 5.41 Å². The van der Waals surface area contributed by atoms with Crippen molar-refractivity contribution >= 4 is 38.9 Å². The molecule has 2 aliphatic rings. The van der Waals surface area contributed by atoms with Crippen LogP contribution in [0.5, 0.6) is 11.5 Å². The predicted molar refractivity (Wildman–Crippen MR) is 184 cm³/mol. The van der Waals surface area contributed by atoms with Crippen LogP contribution in [0.1, 0.15) is 37.5 Å². The van der Waals surface area contributed by atoms with Crippen LogP contribution in [0.2, 0.25) is 0 Å². The van der Waals surface area contributed by atoms with Crippen LogP contribution in [0.4, 0.5) is 17.1 Å². The van der Waals surface area contributed by atoms with Crippen molar-refractivity contribution < 1.29 is 4.74 Å². The number of rotatable bonds is 0. The highest BCUT2D eigenvalue weighted by Gasteiger charge is 2.25. The van der Waals surface area contributed by atoms with E-state index >= 15 is 0 Å². The fraction of sp³-hybridized carbons (Fsp3) is 0.154. The zero-order valence-corrected chi connectivity index (χ0v) is 26.0. The summed E-state index contributed by atoms with van der Waals surface area (Å²) < 4.78 is 8.66. The predicted octanol–water partition coefficient (Wildman–Crippen LogP) is 9.74. The second-order valence-corrected chi connectivity index (χ2v) is 13.0. The van der Waals surface area contributed by atoms with Gasteiger partial charge >= 0.3 is 0 Å². The van der Waals surface area contributed by atoms with E-state index in [2.05, 4.69) is 89.5 Å². The van der Waals surface area contributed by atoms with E-state index in [9.17, 15) is 5.26 Å². The quantitative estimate of drug-likeness (QED) is 0.163. The highest BCUT2D eigenvalue weighted by molar-refractivity contribution is 6.10. The molecule has 4 aromatic carbocycles. The summed E-state index contributed by atoms with van der Waals surface area (Å²) >= 11 is 0. The summed E-state index contributed by atoms with van der Waals surface area (Å²) in [6, 6.07) is 30.5. The monoisotopic (exact) mass is 598 g/mol. The van der Waals surface area contributed by atoms with Crippen LogP contribution in [0.3, 0.4) is 0 Å². The Morgan fingerprint density at radius 2 is 1.72 bits per heavy atom. The Labute approximate surface area is 267 Å². The van der Waals surface area contributed by atoms with Crippen LogP contribution in [0, 0.1) is 24.8 Å². The SMILES string of the molecule is [C-]#[N+]c1cc2cc(c1)N1C=CN(C1)c1c(C)cccc1-c1cc(C(C)(C)C)cc(n1)-n1c3ccc(C#N)cc3c3ccc(cc31)O2. The van der Waals surface area contributed by atoms with Gasteiger partial charge in [0.15, 0.2) is 5.69 Å². The molecule has 7 nitrogen and oxygen atoms in total. The van der Waals surface area contributed by atoms with Crippen molar-refractivity contribution in [3.63, 3.8) is 0 Å². The number of pyridine rings is 1. The van der Waals surface area contributed by atoms with Crippen molar-refractivity contribution in [3.05, 3.63) is 125 Å². The summed E-state index contributed by atoms with van der Waals surface area (Å²) in [4.78, 5) is 13.5. The van der Waals surface area contributed by atoms with Crippen LogP contribution >= 0.6 is 0 Å². The Morgan fingerprint density at radius 3 is 2.52 bits per heavy atom. The topological polar surface area (TPSA) is 61.7 Å². The van der Waals surface area contributed by atoms with Crippen LogP contribution < -0.4 is 14.5 Å². The molecule has 8 bridgehead atoms. The van der Waals surface area contributed by atoms with Gasteiger partial charge in [0.2, 0.25) is 0 Å². The van der Waals surface area contributed by atoms with Gasteiger partial charge in [0.1, 0.15) is 17.3 Å². The van der Waals surface area contributed by atoms with Crippen molar-refractivity contribution in [2.24, 2.45) is 0 Å². The Bertz CT molecular complexity index is 2360. The van der Waals surface area contributed by atoms with E-state index < -0.39 is 0 Å². The van der Waals surface area contributed by atoms with Gasteiger partial charge in [-0.05, 0) is 78.1 Å². The lowest BCUT2D eigenvalue weighted by molar-refractivity contribution is 0.483. The molecule has 0 saturated carbocycles. The number of nitriles is 1. The number of fused-ring (bicyclic) bond motifs is 15. The molecule has 46 heavy (non-hydrogen) atoms. The average molecular weight is 599 g/mol. The first-order chi connectivity index (χ1) is 22.2. The Balaban J connectivity index is 1.50. The van der Waals surface area contributed by atoms with Crippen LogP contribution in [-0.4, -0.2) is 16.2 Å². The molecule has 7 heteroatoms. The maximum atomic E-state index is 9.75. The molecule has 0 saturated heterocycles. The van der Waals surface area contributed by atoms with Gasteiger partial charge in [0.05, 0.1) is 47.3 Å². The summed E-state index contributed by atoms with van der Waals surface area (Å²) in [5.41, 5.74) is 9.01. The molecule has 6 aromatic rings. The average Bonchev–Trinajstić information content (AvgIpc) is 3.66. The first-order valence-electron chi connectivity index (χ1n) is 15.2. The second kappa shape index (κ2) is 9.99. The number of aromatic nitrogens is 2. The minimum Gasteiger partial charge on any atom is -0.459 e. The van der Waals surface area contributed by atoms with Crippen LogP contribution in [0.25, 0.3) is 43.7 Å². The smallest absolute Gasteiger partial charge is 0.192 e. The maximum Gasteiger partial charge on any atom is 0.192 e. The van der Waals surface area contributed by atoms with Gasteiger partial charge in [-0.2, -0.15) is 5.26 Å². The van der Waals surface area contributed by atoms with Crippen molar-refractivity contribution in [3.8, 4) is 34.6 Å². The van der Waals surface area contributed by atoms with E-state index in [1.54, 1.807) is 6.07 Å². The number of benzene rings is 4. The van der Waals surface area contributed by atoms with Gasteiger partial charge in [-0.3, -0.25) is 4.57 Å². The lowest BCUT2D eigenvalue weighted by atomic mass is 9.86. The molecule has 4 heterocycles. The fourth-order valence-electron chi connectivity index (χ4n) is 6.55. The fourth-order valence-corrected chi connectivity index (χ4v) is 6.55. The van der Waals surface area contributed by atoms with Crippen molar-refractivity contribution in [1.82, 2.24) is 9.55 Å². The molecular formula is C39H30N6O. The Morgan fingerprint density at radius 1 is 0.870 bits per heavy atom. The number of hydrogen-bond acceptors (Lipinski definition) is 5. The van der Waals surface area contributed by atoms with Gasteiger partial charge < -0.3 is 14.5 Å². The van der Waals surface area contributed by atoms with Gasteiger partial charge in [-0.1, -0.05) is 39.0 Å². The number of para-hydroxylation sites is 1. The number of ether oxygens (including phenoxy) is 1. The Kier molecular flexibility index (Phi) is 5.97. The highest BCUT2D eigenvalue weighted by Crippen LogP contribution is 2.42. The summed E-state index contributed by atoms with van der Waals surface area (Å²) in [7, 11) is 0. The molecule has 0 spiro atoms. The molecule has 0 atom stereocenters. The number of hydrogen-bond donors (Lipinski definition) is 0. The molecule has 2 aliphatic heterocycles. The largest absolute Gasteiger partial charge is 0.459 e. The van der Waals surface area contributed by atoms with E-state index in [1.165, 1.54) is 0 Å². The minimum absolute atomic E-state index is 0.147. The lowest BCUT2D eigenvalue weighted by Gasteiger charge is -2.27. The third kappa shape index (κ3) is 4.37. The summed E-state index contributed by atoms with van der Waals surface area (Å²) in [5, 5.41) is 11.7. The standard InChI is InChI=1S/C39H30N6O/c1-24-7-6-8-32-34-16-26(39(2,3)4)17-37(42-34)45-35-12-9-25(22-40)15-33(35)31-11-10-29(21-36(31)45)46-30-19-27(41-5)18-28(20-30)43-13-14-44(23-43)38(24)32/h6-21H,23H2,1-4H3. The zero-order valence-electron chi connectivity index (χ0n) is 26.0. The highest BCUT2D eigenvalue weighted by atomic mass is 16.5. The third-order valence-electron chi connectivity index (χ3n) is 8.88. The molecule has 0 aliphatic carbocycles. The van der Waals surface area contributed by atoms with Gasteiger partial charge in [0, 0.05) is 46.6 Å².